The second kappa shape index (κ2) is 7.93. The molecule has 0 N–H and O–H groups in total. The highest BCUT2D eigenvalue weighted by Gasteiger charge is 2.19. The third-order valence-electron chi connectivity index (χ3n) is 6.06. The number of benzene rings is 3. The van der Waals surface area contributed by atoms with E-state index in [9.17, 15) is 9.59 Å². The molecule has 0 aliphatic carbocycles. The minimum absolute atomic E-state index is 0.136. The van der Waals surface area contributed by atoms with Crippen LogP contribution in [0.3, 0.4) is 0 Å². The van der Waals surface area contributed by atoms with Crippen molar-refractivity contribution in [2.75, 3.05) is 0 Å². The standard InChI is InChI=1S/C27H23N3O2/c1-18-10-6-7-13-20(18)25-28-26-23(24(31)21-14-8-9-15-22(21)29(26)2)27(32)30(25)17-16-19-11-4-3-5-12-19/h3-15H,16-17H2,1-2H3. The summed E-state index contributed by atoms with van der Waals surface area (Å²) in [5.41, 5.74) is 3.65. The third-order valence-corrected chi connectivity index (χ3v) is 6.06. The number of para-hydroxylation sites is 1. The van der Waals surface area contributed by atoms with Gasteiger partial charge in [-0.05, 0) is 36.6 Å². The summed E-state index contributed by atoms with van der Waals surface area (Å²) in [5, 5.41) is 0.663. The van der Waals surface area contributed by atoms with Gasteiger partial charge in [0.1, 0.15) is 11.2 Å². The molecule has 5 rings (SSSR count). The molecule has 0 amide bonds. The number of aromatic nitrogens is 3. The van der Waals surface area contributed by atoms with E-state index < -0.39 is 0 Å². The Kier molecular flexibility index (Phi) is 4.94. The van der Waals surface area contributed by atoms with E-state index in [1.165, 1.54) is 0 Å². The summed E-state index contributed by atoms with van der Waals surface area (Å²) < 4.78 is 3.50. The average molecular weight is 422 g/mol. The Hall–Kier alpha value is -3.99. The van der Waals surface area contributed by atoms with Crippen molar-refractivity contribution in [1.82, 2.24) is 14.1 Å². The number of hydrogen-bond donors (Lipinski definition) is 0. The molecule has 2 heterocycles. The second-order valence-electron chi connectivity index (χ2n) is 8.05. The smallest absolute Gasteiger partial charge is 0.267 e. The summed E-state index contributed by atoms with van der Waals surface area (Å²) in [6.07, 6.45) is 0.667. The van der Waals surface area contributed by atoms with Crippen molar-refractivity contribution in [3.8, 4) is 11.4 Å². The lowest BCUT2D eigenvalue weighted by molar-refractivity contribution is 0.668. The summed E-state index contributed by atoms with van der Waals surface area (Å²) in [6, 6.07) is 25.3. The molecule has 5 aromatic rings. The quantitative estimate of drug-likeness (QED) is 0.403. The lowest BCUT2D eigenvalue weighted by Gasteiger charge is -2.17. The van der Waals surface area contributed by atoms with Crippen molar-refractivity contribution in [1.29, 1.82) is 0 Å². The fourth-order valence-corrected chi connectivity index (χ4v) is 4.31. The molecule has 2 aromatic heterocycles. The van der Waals surface area contributed by atoms with Crippen LogP contribution in [-0.2, 0) is 20.0 Å². The number of nitrogens with zero attached hydrogens (tertiary/aromatic N) is 3. The van der Waals surface area contributed by atoms with Gasteiger partial charge in [0.2, 0.25) is 5.43 Å². The predicted octanol–water partition coefficient (Wildman–Crippen LogP) is 4.47. The lowest BCUT2D eigenvalue weighted by atomic mass is 10.1. The summed E-state index contributed by atoms with van der Waals surface area (Å²) in [4.78, 5) is 32.0. The molecule has 0 unspecified atom stereocenters. The van der Waals surface area contributed by atoms with Gasteiger partial charge >= 0.3 is 0 Å². The van der Waals surface area contributed by atoms with Gasteiger partial charge in [0.25, 0.3) is 5.56 Å². The number of rotatable bonds is 4. The molecule has 5 nitrogen and oxygen atoms in total. The Labute approximate surface area is 185 Å². The van der Waals surface area contributed by atoms with Gasteiger partial charge in [-0.3, -0.25) is 14.2 Å². The fraction of sp³-hybridized carbons (Fsp3) is 0.148. The van der Waals surface area contributed by atoms with Crippen molar-refractivity contribution in [3.05, 3.63) is 111 Å². The van der Waals surface area contributed by atoms with Gasteiger partial charge in [0.15, 0.2) is 5.65 Å². The van der Waals surface area contributed by atoms with Crippen molar-refractivity contribution in [2.45, 2.75) is 19.9 Å². The highest BCUT2D eigenvalue weighted by Crippen LogP contribution is 2.23. The highest BCUT2D eigenvalue weighted by atomic mass is 16.1. The van der Waals surface area contributed by atoms with Crippen LogP contribution < -0.4 is 11.0 Å². The van der Waals surface area contributed by atoms with Gasteiger partial charge in [-0.1, -0.05) is 66.7 Å². The Morgan fingerprint density at radius 1 is 0.844 bits per heavy atom. The second-order valence-corrected chi connectivity index (χ2v) is 8.05. The molecular formula is C27H23N3O2. The summed E-state index contributed by atoms with van der Waals surface area (Å²) in [6.45, 7) is 2.44. The van der Waals surface area contributed by atoms with E-state index in [1.807, 2.05) is 91.3 Å². The molecule has 32 heavy (non-hydrogen) atoms. The summed E-state index contributed by atoms with van der Waals surface area (Å²) in [7, 11) is 1.85. The van der Waals surface area contributed by atoms with E-state index in [-0.39, 0.29) is 16.4 Å². The molecule has 0 atom stereocenters. The Bertz CT molecular complexity index is 1580. The molecular weight excluding hydrogens is 398 g/mol. The van der Waals surface area contributed by atoms with Crippen LogP contribution in [0.2, 0.25) is 0 Å². The van der Waals surface area contributed by atoms with E-state index in [0.717, 1.165) is 22.2 Å². The minimum Gasteiger partial charge on any atom is -0.328 e. The van der Waals surface area contributed by atoms with Crippen LogP contribution in [0.4, 0.5) is 0 Å². The molecule has 0 saturated carbocycles. The van der Waals surface area contributed by atoms with Crippen LogP contribution in [0.5, 0.6) is 0 Å². The van der Waals surface area contributed by atoms with Crippen molar-refractivity contribution >= 4 is 21.9 Å². The van der Waals surface area contributed by atoms with Crippen LogP contribution in [-0.4, -0.2) is 14.1 Å². The van der Waals surface area contributed by atoms with E-state index in [2.05, 4.69) is 0 Å². The molecule has 158 valence electrons. The van der Waals surface area contributed by atoms with Crippen molar-refractivity contribution in [2.24, 2.45) is 7.05 Å². The number of fused-ring (bicyclic) bond motifs is 2. The highest BCUT2D eigenvalue weighted by molar-refractivity contribution is 5.92. The first-order valence-electron chi connectivity index (χ1n) is 10.7. The van der Waals surface area contributed by atoms with Gasteiger partial charge < -0.3 is 4.57 Å². The number of hydrogen-bond acceptors (Lipinski definition) is 3. The van der Waals surface area contributed by atoms with Gasteiger partial charge in [-0.15, -0.1) is 0 Å². The molecule has 0 bridgehead atoms. The Balaban J connectivity index is 1.84. The average Bonchev–Trinajstić information content (AvgIpc) is 2.82. The van der Waals surface area contributed by atoms with Gasteiger partial charge in [0.05, 0.1) is 5.52 Å². The maximum Gasteiger partial charge on any atom is 0.267 e. The zero-order chi connectivity index (χ0) is 22.2. The van der Waals surface area contributed by atoms with Gasteiger partial charge in [-0.2, -0.15) is 0 Å². The van der Waals surface area contributed by atoms with Crippen LogP contribution in [0.15, 0.2) is 88.5 Å². The van der Waals surface area contributed by atoms with Crippen LogP contribution >= 0.6 is 0 Å². The zero-order valence-corrected chi connectivity index (χ0v) is 18.1. The summed E-state index contributed by atoms with van der Waals surface area (Å²) >= 11 is 0. The topological polar surface area (TPSA) is 56.9 Å². The van der Waals surface area contributed by atoms with Crippen LogP contribution in [0.25, 0.3) is 33.3 Å². The molecule has 3 aromatic carbocycles. The number of aryl methyl sites for hydroxylation is 3. The molecule has 0 spiro atoms. The van der Waals surface area contributed by atoms with Gasteiger partial charge in [0, 0.05) is 24.5 Å². The first kappa shape index (κ1) is 19.9. The van der Waals surface area contributed by atoms with E-state index in [1.54, 1.807) is 10.6 Å². The maximum atomic E-state index is 13.8. The summed E-state index contributed by atoms with van der Waals surface area (Å²) in [5.74, 6) is 0.585. The fourth-order valence-electron chi connectivity index (χ4n) is 4.31. The Morgan fingerprint density at radius 3 is 2.31 bits per heavy atom. The zero-order valence-electron chi connectivity index (χ0n) is 18.1. The molecule has 0 fully saturated rings. The van der Waals surface area contributed by atoms with E-state index in [4.69, 9.17) is 4.98 Å². The molecule has 0 saturated heterocycles. The monoisotopic (exact) mass is 421 g/mol. The minimum atomic E-state index is -0.296. The first-order chi connectivity index (χ1) is 15.6. The first-order valence-corrected chi connectivity index (χ1v) is 10.7. The predicted molar refractivity (Wildman–Crippen MR) is 129 cm³/mol. The van der Waals surface area contributed by atoms with Crippen molar-refractivity contribution in [3.63, 3.8) is 0 Å². The van der Waals surface area contributed by atoms with E-state index in [0.29, 0.717) is 29.8 Å². The lowest BCUT2D eigenvalue weighted by Crippen LogP contribution is -2.30. The third kappa shape index (κ3) is 3.23. The van der Waals surface area contributed by atoms with Crippen LogP contribution in [0.1, 0.15) is 11.1 Å². The Morgan fingerprint density at radius 2 is 1.53 bits per heavy atom. The van der Waals surface area contributed by atoms with E-state index >= 15 is 0 Å². The van der Waals surface area contributed by atoms with Crippen molar-refractivity contribution < 1.29 is 0 Å². The normalized spacial score (nSPS) is 11.3. The molecule has 0 aliphatic rings. The number of pyridine rings is 1. The maximum absolute atomic E-state index is 13.8. The molecule has 5 heteroatoms. The molecule has 0 radical (unpaired) electrons. The van der Waals surface area contributed by atoms with Crippen LogP contribution in [0, 0.1) is 6.92 Å². The van der Waals surface area contributed by atoms with Gasteiger partial charge in [-0.25, -0.2) is 4.98 Å². The largest absolute Gasteiger partial charge is 0.328 e. The molecule has 0 aliphatic heterocycles. The SMILES string of the molecule is Cc1ccccc1-c1nc2c(c(=O)c3ccccc3n2C)c(=O)n1CCc1ccccc1.